The first-order valence-electron chi connectivity index (χ1n) is 24.5. The topological polar surface area (TPSA) is 220 Å². The summed E-state index contributed by atoms with van der Waals surface area (Å²) in [6, 6.07) is 17.2. The average Bonchev–Trinajstić information content (AvgIpc) is 4.19. The van der Waals surface area contributed by atoms with Crippen molar-refractivity contribution in [3.05, 3.63) is 95.6 Å². The zero-order valence-electron chi connectivity index (χ0n) is 40.8. The first-order valence-corrected chi connectivity index (χ1v) is 25.4. The van der Waals surface area contributed by atoms with Crippen molar-refractivity contribution in [2.45, 2.75) is 109 Å². The van der Waals surface area contributed by atoms with E-state index in [4.69, 9.17) is 19.7 Å². The lowest BCUT2D eigenvalue weighted by Gasteiger charge is -2.38. The number of para-hydroxylation sites is 1. The summed E-state index contributed by atoms with van der Waals surface area (Å²) in [5.41, 5.74) is 13.6. The van der Waals surface area contributed by atoms with E-state index in [1.54, 1.807) is 41.8 Å². The molecule has 372 valence electrons. The fraction of sp³-hybridized carbons (Fsp3) is 0.453. The Morgan fingerprint density at radius 1 is 0.986 bits per heavy atom. The molecule has 3 aliphatic rings. The summed E-state index contributed by atoms with van der Waals surface area (Å²) in [6.45, 7) is 12.7. The van der Waals surface area contributed by atoms with Crippen LogP contribution in [0.1, 0.15) is 94.8 Å². The van der Waals surface area contributed by atoms with Crippen molar-refractivity contribution >= 4 is 29.0 Å². The molecule has 1 saturated carbocycles. The molecule has 17 nitrogen and oxygen atoms in total. The Labute approximate surface area is 417 Å². The SMILES string of the molecule is Cc1ncsc1-c1ccc([C@H](C)NC(=O)[C@@H]2C[C@@H](O)CN2C(=O)[C@@H](c2cc(OCCN3CCC(OC4CC(C#CC(C)n5cc(-c6cc(-c7ccccc7O)nnc6N)cn5)C4)CC3)no2)C(C)C)cc1. The largest absolute Gasteiger partial charge is 0.507 e. The molecule has 2 amide bonds. The van der Waals surface area contributed by atoms with Gasteiger partial charge >= 0.3 is 0 Å². The first kappa shape index (κ1) is 49.3. The second-order valence-corrected chi connectivity index (χ2v) is 20.2. The number of aromatic hydroxyl groups is 1. The van der Waals surface area contributed by atoms with Crippen molar-refractivity contribution in [1.29, 1.82) is 0 Å². The number of carbonyl (C=O) groups is 2. The van der Waals surface area contributed by atoms with Crippen molar-refractivity contribution in [3.8, 4) is 56.3 Å². The van der Waals surface area contributed by atoms with Gasteiger partial charge in [0.05, 0.1) is 52.3 Å². The Bertz CT molecular complexity index is 2860. The van der Waals surface area contributed by atoms with Crippen molar-refractivity contribution in [2.75, 3.05) is 38.5 Å². The normalized spacial score (nSPS) is 20.7. The van der Waals surface area contributed by atoms with Crippen molar-refractivity contribution in [3.63, 3.8) is 0 Å². The van der Waals surface area contributed by atoms with E-state index in [-0.39, 0.29) is 72.5 Å². The number of aliphatic hydroxyl groups is 1. The number of nitrogens with two attached hydrogens (primary N) is 1. The van der Waals surface area contributed by atoms with Crippen LogP contribution >= 0.6 is 11.3 Å². The molecule has 1 unspecified atom stereocenters. The number of piperidine rings is 1. The quantitative estimate of drug-likeness (QED) is 0.0706. The minimum atomic E-state index is -0.828. The van der Waals surface area contributed by atoms with Gasteiger partial charge in [-0.15, -0.1) is 21.5 Å². The number of carbonyl (C=O) groups excluding carboxylic acids is 2. The maximum Gasteiger partial charge on any atom is 0.254 e. The van der Waals surface area contributed by atoms with E-state index in [0.29, 0.717) is 41.6 Å². The molecule has 9 rings (SSSR count). The summed E-state index contributed by atoms with van der Waals surface area (Å²) in [6.07, 6.45) is 7.08. The van der Waals surface area contributed by atoms with Gasteiger partial charge in [0, 0.05) is 67.5 Å². The van der Waals surface area contributed by atoms with Gasteiger partial charge < -0.3 is 40.2 Å². The van der Waals surface area contributed by atoms with Gasteiger partial charge in [0.2, 0.25) is 11.8 Å². The molecule has 6 aromatic rings. The number of amides is 2. The highest BCUT2D eigenvalue weighted by atomic mass is 32.1. The molecule has 1 aliphatic carbocycles. The average molecular weight is 983 g/mol. The molecule has 0 spiro atoms. The molecule has 0 radical (unpaired) electrons. The Balaban J connectivity index is 0.692. The molecule has 0 bridgehead atoms. The molecule has 71 heavy (non-hydrogen) atoms. The molecular weight excluding hydrogens is 921 g/mol. The predicted octanol–water partition coefficient (Wildman–Crippen LogP) is 7.20. The number of phenolic OH excluding ortho intramolecular Hbond substituents is 1. The lowest BCUT2D eigenvalue weighted by atomic mass is 9.82. The van der Waals surface area contributed by atoms with Crippen molar-refractivity contribution < 1.29 is 33.8 Å². The number of hydrogen-bond donors (Lipinski definition) is 4. The number of likely N-dealkylation sites (tertiary alicyclic amines) is 2. The highest BCUT2D eigenvalue weighted by Crippen LogP contribution is 2.36. The van der Waals surface area contributed by atoms with E-state index in [0.717, 1.165) is 66.0 Å². The van der Waals surface area contributed by atoms with Crippen molar-refractivity contribution in [2.24, 2.45) is 11.8 Å². The molecule has 5 atom stereocenters. The van der Waals surface area contributed by atoms with Crippen LogP contribution in [0.25, 0.3) is 32.8 Å². The number of nitrogens with zero attached hydrogens (tertiary/aromatic N) is 8. The fourth-order valence-electron chi connectivity index (χ4n) is 9.66. The van der Waals surface area contributed by atoms with Gasteiger partial charge in [-0.3, -0.25) is 19.2 Å². The molecule has 2 aromatic carbocycles. The smallest absolute Gasteiger partial charge is 0.254 e. The third kappa shape index (κ3) is 11.4. The maximum atomic E-state index is 14.2. The summed E-state index contributed by atoms with van der Waals surface area (Å²) in [4.78, 5) is 37.2. The van der Waals surface area contributed by atoms with Crippen LogP contribution in [-0.2, 0) is 14.3 Å². The van der Waals surface area contributed by atoms with Gasteiger partial charge in [0.1, 0.15) is 30.4 Å². The number of anilines is 1. The van der Waals surface area contributed by atoms with Crippen LogP contribution in [0.4, 0.5) is 5.82 Å². The summed E-state index contributed by atoms with van der Waals surface area (Å²) in [7, 11) is 0. The zero-order valence-corrected chi connectivity index (χ0v) is 41.6. The Kier molecular flexibility index (Phi) is 15.1. The Hall–Kier alpha value is -6.65. The number of hydrogen-bond acceptors (Lipinski definition) is 15. The zero-order chi connectivity index (χ0) is 49.8. The van der Waals surface area contributed by atoms with E-state index in [1.165, 1.54) is 4.90 Å². The third-order valence-electron chi connectivity index (χ3n) is 13.9. The van der Waals surface area contributed by atoms with Gasteiger partial charge in [-0.25, -0.2) is 4.98 Å². The summed E-state index contributed by atoms with van der Waals surface area (Å²) in [5, 5.41) is 41.1. The number of benzene rings is 2. The molecule has 4 aromatic heterocycles. The number of thiazole rings is 1. The second-order valence-electron chi connectivity index (χ2n) is 19.3. The molecule has 6 heterocycles. The van der Waals surface area contributed by atoms with E-state index in [1.807, 2.05) is 87.4 Å². The molecule has 18 heteroatoms. The first-order chi connectivity index (χ1) is 34.3. The Morgan fingerprint density at radius 2 is 1.76 bits per heavy atom. The van der Waals surface area contributed by atoms with Crippen LogP contribution in [0.5, 0.6) is 11.6 Å². The molecule has 5 N–H and O–H groups in total. The van der Waals surface area contributed by atoms with Crippen LogP contribution in [-0.4, -0.2) is 119 Å². The third-order valence-corrected chi connectivity index (χ3v) is 14.8. The molecular formula is C53H62N10O7S. The number of aromatic nitrogens is 6. The Morgan fingerprint density at radius 3 is 2.49 bits per heavy atom. The number of ether oxygens (including phenoxy) is 2. The number of phenols is 1. The second kappa shape index (κ2) is 21.8. The fourth-order valence-corrected chi connectivity index (χ4v) is 10.5. The van der Waals surface area contributed by atoms with Crippen molar-refractivity contribution in [1.82, 2.24) is 45.2 Å². The van der Waals surface area contributed by atoms with Gasteiger partial charge in [-0.2, -0.15) is 5.10 Å². The summed E-state index contributed by atoms with van der Waals surface area (Å²) >= 11 is 1.59. The van der Waals surface area contributed by atoms with Gasteiger partial charge in [0.25, 0.3) is 5.88 Å². The predicted molar refractivity (Wildman–Crippen MR) is 269 cm³/mol. The van der Waals surface area contributed by atoms with Crippen LogP contribution in [0.2, 0.25) is 0 Å². The molecule has 2 aliphatic heterocycles. The summed E-state index contributed by atoms with van der Waals surface area (Å²) < 4.78 is 20.0. The lowest BCUT2D eigenvalue weighted by molar-refractivity contribution is -0.141. The number of nitrogen functional groups attached to an aromatic ring is 1. The van der Waals surface area contributed by atoms with Gasteiger partial charge in [-0.1, -0.05) is 62.1 Å². The molecule has 2 saturated heterocycles. The maximum absolute atomic E-state index is 14.2. The van der Waals surface area contributed by atoms with Crippen LogP contribution in [0.3, 0.4) is 0 Å². The number of aliphatic hydroxyl groups excluding tert-OH is 1. The van der Waals surface area contributed by atoms with Crippen LogP contribution in [0.15, 0.2) is 83.1 Å². The number of β-amino-alcohol motifs (C(OH)–C–C–N with tert-alkyl or cyclic N) is 1. The minimum absolute atomic E-state index is 0.0528. The van der Waals surface area contributed by atoms with E-state index in [9.17, 15) is 19.8 Å². The highest BCUT2D eigenvalue weighted by molar-refractivity contribution is 7.13. The number of aryl methyl sites for hydroxylation is 1. The van der Waals surface area contributed by atoms with Crippen LogP contribution < -0.4 is 15.8 Å². The van der Waals surface area contributed by atoms with E-state index in [2.05, 4.69) is 47.5 Å². The number of nitrogens with one attached hydrogen (secondary N) is 1. The standard InChI is InChI=1S/C53H62N10O7S/c1-31(2)49(53(67)62-29-39(64)24-45(62)52(66)57-33(4)36-12-14-37(15-13-36)50-34(5)55-30-71-50)47-26-48(60-70-47)68-21-20-61-18-16-40(17-19-61)69-41-22-35(23-41)11-10-32(3)63-28-38(27-56-63)43-25-44(58-59-51(43)54)42-8-6-7-9-46(42)65/h6-9,12-15,25-28,30-33,35,39-41,45,49,64-65H,16-24,29H2,1-5H3,(H2,54,59)(H,57,66)/t32?,33-,35?,39+,41?,45-,49+/m0/s1. The summed E-state index contributed by atoms with van der Waals surface area (Å²) in [5.74, 6) is 6.64. The van der Waals surface area contributed by atoms with E-state index < -0.39 is 18.1 Å². The number of rotatable bonds is 16. The monoisotopic (exact) mass is 982 g/mol. The highest BCUT2D eigenvalue weighted by Gasteiger charge is 2.44. The van der Waals surface area contributed by atoms with Gasteiger partial charge in [0.15, 0.2) is 11.6 Å². The van der Waals surface area contributed by atoms with Gasteiger partial charge in [-0.05, 0) is 86.9 Å². The minimum Gasteiger partial charge on any atom is -0.507 e. The lowest BCUT2D eigenvalue weighted by Crippen LogP contribution is -2.48. The van der Waals surface area contributed by atoms with E-state index >= 15 is 0 Å². The molecule has 3 fully saturated rings. The van der Waals surface area contributed by atoms with Crippen LogP contribution in [0, 0.1) is 30.6 Å².